The molecule has 1 saturated heterocycles. The van der Waals surface area contributed by atoms with E-state index < -0.39 is 11.6 Å². The minimum absolute atomic E-state index is 0.0635. The number of aryl methyl sites for hydroxylation is 2. The SMILES string of the molecule is Cc1ccc(-n2nccn2)c(C(=O)N2CCC[C@@H](C)[C@H]2CCc2ncc(F)cc2F)c1. The van der Waals surface area contributed by atoms with Crippen molar-refractivity contribution in [1.29, 1.82) is 0 Å². The van der Waals surface area contributed by atoms with E-state index in [-0.39, 0.29) is 23.6 Å². The molecule has 31 heavy (non-hydrogen) atoms. The van der Waals surface area contributed by atoms with Crippen LogP contribution in [0.3, 0.4) is 0 Å². The molecule has 0 radical (unpaired) electrons. The monoisotopic (exact) mass is 425 g/mol. The molecule has 3 aromatic rings. The van der Waals surface area contributed by atoms with Crippen LogP contribution in [0.15, 0.2) is 42.9 Å². The summed E-state index contributed by atoms with van der Waals surface area (Å²) < 4.78 is 27.3. The van der Waals surface area contributed by atoms with Gasteiger partial charge in [-0.3, -0.25) is 9.78 Å². The average molecular weight is 425 g/mol. The molecule has 0 unspecified atom stereocenters. The Morgan fingerprint density at radius 1 is 1.19 bits per heavy atom. The molecule has 3 heterocycles. The summed E-state index contributed by atoms with van der Waals surface area (Å²) in [6.07, 6.45) is 6.98. The Balaban J connectivity index is 1.61. The van der Waals surface area contributed by atoms with Crippen LogP contribution in [0.25, 0.3) is 5.69 Å². The van der Waals surface area contributed by atoms with Crippen LogP contribution in [0.1, 0.15) is 47.8 Å². The van der Waals surface area contributed by atoms with Gasteiger partial charge in [-0.15, -0.1) is 0 Å². The zero-order valence-electron chi connectivity index (χ0n) is 17.6. The van der Waals surface area contributed by atoms with Gasteiger partial charge in [0.25, 0.3) is 5.91 Å². The number of pyridine rings is 1. The molecular weight excluding hydrogens is 400 g/mol. The summed E-state index contributed by atoms with van der Waals surface area (Å²) in [6.45, 7) is 4.69. The van der Waals surface area contributed by atoms with Gasteiger partial charge in [-0.2, -0.15) is 15.0 Å². The van der Waals surface area contributed by atoms with Crippen molar-refractivity contribution in [3.8, 4) is 5.69 Å². The fourth-order valence-electron chi connectivity index (χ4n) is 4.34. The number of rotatable bonds is 5. The number of carbonyl (C=O) groups is 1. The number of hydrogen-bond donors (Lipinski definition) is 0. The van der Waals surface area contributed by atoms with E-state index in [0.717, 1.165) is 30.7 Å². The summed E-state index contributed by atoms with van der Waals surface area (Å²) in [4.78, 5) is 20.9. The van der Waals surface area contributed by atoms with Gasteiger partial charge >= 0.3 is 0 Å². The Kier molecular flexibility index (Phi) is 6.06. The highest BCUT2D eigenvalue weighted by atomic mass is 19.1. The zero-order valence-corrected chi connectivity index (χ0v) is 17.6. The quantitative estimate of drug-likeness (QED) is 0.617. The maximum atomic E-state index is 14.1. The molecule has 0 saturated carbocycles. The van der Waals surface area contributed by atoms with Gasteiger partial charge in [-0.1, -0.05) is 18.6 Å². The van der Waals surface area contributed by atoms with Gasteiger partial charge in [-0.25, -0.2) is 8.78 Å². The van der Waals surface area contributed by atoms with Gasteiger partial charge in [0, 0.05) is 18.7 Å². The van der Waals surface area contributed by atoms with E-state index in [2.05, 4.69) is 22.1 Å². The van der Waals surface area contributed by atoms with Gasteiger partial charge in [0.1, 0.15) is 11.6 Å². The second kappa shape index (κ2) is 8.91. The Morgan fingerprint density at radius 3 is 2.71 bits per heavy atom. The summed E-state index contributed by atoms with van der Waals surface area (Å²) in [6, 6.07) is 6.42. The molecule has 0 N–H and O–H groups in total. The Morgan fingerprint density at radius 2 is 1.97 bits per heavy atom. The predicted octanol–water partition coefficient (Wildman–Crippen LogP) is 4.12. The van der Waals surface area contributed by atoms with E-state index in [1.807, 2.05) is 30.0 Å². The number of hydrogen-bond acceptors (Lipinski definition) is 4. The molecule has 0 spiro atoms. The van der Waals surface area contributed by atoms with Crippen molar-refractivity contribution in [1.82, 2.24) is 24.9 Å². The van der Waals surface area contributed by atoms with E-state index in [1.54, 1.807) is 12.4 Å². The van der Waals surface area contributed by atoms with Crippen LogP contribution in [-0.4, -0.2) is 43.4 Å². The topological polar surface area (TPSA) is 63.9 Å². The van der Waals surface area contributed by atoms with Crippen LogP contribution in [0.2, 0.25) is 0 Å². The lowest BCUT2D eigenvalue weighted by molar-refractivity contribution is 0.0498. The van der Waals surface area contributed by atoms with Crippen molar-refractivity contribution in [2.24, 2.45) is 5.92 Å². The molecule has 1 aliphatic rings. The lowest BCUT2D eigenvalue weighted by Gasteiger charge is -2.40. The van der Waals surface area contributed by atoms with Gasteiger partial charge in [0.15, 0.2) is 0 Å². The van der Waals surface area contributed by atoms with Crippen LogP contribution >= 0.6 is 0 Å². The van der Waals surface area contributed by atoms with E-state index >= 15 is 0 Å². The van der Waals surface area contributed by atoms with Crippen LogP contribution in [-0.2, 0) is 6.42 Å². The first kappa shape index (κ1) is 21.1. The van der Waals surface area contributed by atoms with Crippen LogP contribution in [0.4, 0.5) is 8.78 Å². The third kappa shape index (κ3) is 4.47. The normalized spacial score (nSPS) is 18.9. The van der Waals surface area contributed by atoms with Gasteiger partial charge in [0.2, 0.25) is 0 Å². The molecule has 2 aromatic heterocycles. The van der Waals surface area contributed by atoms with Crippen LogP contribution in [0.5, 0.6) is 0 Å². The predicted molar refractivity (Wildman–Crippen MR) is 112 cm³/mol. The maximum absolute atomic E-state index is 14.1. The first-order valence-electron chi connectivity index (χ1n) is 10.5. The fourth-order valence-corrected chi connectivity index (χ4v) is 4.34. The molecular formula is C23H25F2N5O. The highest BCUT2D eigenvalue weighted by molar-refractivity contribution is 5.98. The minimum Gasteiger partial charge on any atom is -0.335 e. The molecule has 0 bridgehead atoms. The fraction of sp³-hybridized carbons (Fsp3) is 0.391. The van der Waals surface area contributed by atoms with E-state index in [1.165, 1.54) is 4.80 Å². The summed E-state index contributed by atoms with van der Waals surface area (Å²) in [5.74, 6) is -1.16. The molecule has 1 fully saturated rings. The van der Waals surface area contributed by atoms with E-state index in [9.17, 15) is 13.6 Å². The van der Waals surface area contributed by atoms with Crippen LogP contribution < -0.4 is 0 Å². The van der Waals surface area contributed by atoms with Crippen LogP contribution in [0, 0.1) is 24.5 Å². The molecule has 0 aliphatic carbocycles. The van der Waals surface area contributed by atoms with Gasteiger partial charge in [0.05, 0.1) is 35.5 Å². The molecule has 8 heteroatoms. The van der Waals surface area contributed by atoms with Crippen molar-refractivity contribution in [2.45, 2.75) is 45.6 Å². The summed E-state index contributed by atoms with van der Waals surface area (Å²) in [5.41, 5.74) is 2.37. The van der Waals surface area contributed by atoms with Crippen molar-refractivity contribution < 1.29 is 13.6 Å². The third-order valence-electron chi connectivity index (χ3n) is 5.95. The first-order chi connectivity index (χ1) is 14.9. The van der Waals surface area contributed by atoms with Gasteiger partial charge < -0.3 is 4.90 Å². The number of likely N-dealkylation sites (tertiary alicyclic amines) is 1. The lowest BCUT2D eigenvalue weighted by atomic mass is 9.86. The number of benzene rings is 1. The van der Waals surface area contributed by atoms with Crippen molar-refractivity contribution in [3.63, 3.8) is 0 Å². The zero-order chi connectivity index (χ0) is 22.0. The van der Waals surface area contributed by atoms with Crippen molar-refractivity contribution in [2.75, 3.05) is 6.54 Å². The molecule has 1 aliphatic heterocycles. The first-order valence-corrected chi connectivity index (χ1v) is 10.5. The molecule has 4 rings (SSSR count). The number of aromatic nitrogens is 4. The van der Waals surface area contributed by atoms with Crippen molar-refractivity contribution >= 4 is 5.91 Å². The largest absolute Gasteiger partial charge is 0.335 e. The third-order valence-corrected chi connectivity index (χ3v) is 5.95. The van der Waals surface area contributed by atoms with E-state index in [4.69, 9.17) is 0 Å². The summed E-state index contributed by atoms with van der Waals surface area (Å²) in [5, 5.41) is 8.37. The number of amides is 1. The number of halogens is 2. The standard InChI is InChI=1S/C23H25F2N5O/c1-15-5-7-22(30-27-9-10-28-30)18(12-15)23(31)29-11-3-4-16(2)21(29)8-6-20-19(25)13-17(24)14-26-20/h5,7,9-10,12-14,16,21H,3-4,6,8,11H2,1-2H3/t16-,21-/m1/s1. The van der Waals surface area contributed by atoms with Gasteiger partial charge in [-0.05, 0) is 50.7 Å². The summed E-state index contributed by atoms with van der Waals surface area (Å²) in [7, 11) is 0. The van der Waals surface area contributed by atoms with Crippen molar-refractivity contribution in [3.05, 3.63) is 71.3 Å². The Bertz CT molecular complexity index is 1070. The highest BCUT2D eigenvalue weighted by Gasteiger charge is 2.33. The Labute approximate surface area is 179 Å². The maximum Gasteiger partial charge on any atom is 0.256 e. The molecule has 6 nitrogen and oxygen atoms in total. The smallest absolute Gasteiger partial charge is 0.256 e. The number of nitrogens with zero attached hydrogens (tertiary/aromatic N) is 5. The molecule has 2 atom stereocenters. The molecule has 1 aromatic carbocycles. The second-order valence-corrected chi connectivity index (χ2v) is 8.15. The Hall–Kier alpha value is -3.16. The highest BCUT2D eigenvalue weighted by Crippen LogP contribution is 2.30. The second-order valence-electron chi connectivity index (χ2n) is 8.15. The minimum atomic E-state index is -0.691. The lowest BCUT2D eigenvalue weighted by Crippen LogP contribution is -2.48. The molecule has 162 valence electrons. The molecule has 1 amide bonds. The van der Waals surface area contributed by atoms with E-state index in [0.29, 0.717) is 30.6 Å². The summed E-state index contributed by atoms with van der Waals surface area (Å²) >= 11 is 0. The number of carbonyl (C=O) groups excluding carboxylic acids is 1. The average Bonchev–Trinajstić information content (AvgIpc) is 3.28. The number of piperidine rings is 1.